The molecule has 1 N–H and O–H groups in total. The zero-order valence-corrected chi connectivity index (χ0v) is 8.12. The number of hydrogen-bond acceptors (Lipinski definition) is 1. The number of rotatable bonds is 0. The van der Waals surface area contributed by atoms with Crippen molar-refractivity contribution in [1.29, 1.82) is 0 Å². The van der Waals surface area contributed by atoms with Gasteiger partial charge in [0.25, 0.3) is 0 Å². The number of aromatic nitrogens is 1. The minimum atomic E-state index is 0.979. The van der Waals surface area contributed by atoms with Crippen LogP contribution in [0.25, 0.3) is 0 Å². The number of para-hydroxylation sites is 1. The Balaban J connectivity index is 2.12. The Bertz CT molecular complexity index is 440. The van der Waals surface area contributed by atoms with Crippen LogP contribution in [0.2, 0.25) is 0 Å². The fraction of sp³-hybridized carbons (Fsp3) is 0.167. The first-order chi connectivity index (χ1) is 6.83. The predicted octanol–water partition coefficient (Wildman–Crippen LogP) is 2.90. The molecule has 2 nitrogen and oxygen atoms in total. The molecule has 3 rings (SSSR count). The van der Waals surface area contributed by atoms with Crippen molar-refractivity contribution in [3.05, 3.63) is 47.7 Å². The third-order valence-electron chi connectivity index (χ3n) is 2.65. The van der Waals surface area contributed by atoms with Crippen LogP contribution < -0.4 is 5.32 Å². The Kier molecular flexibility index (Phi) is 1.45. The van der Waals surface area contributed by atoms with Crippen LogP contribution in [-0.4, -0.2) is 4.57 Å². The quantitative estimate of drug-likeness (QED) is 0.568. The van der Waals surface area contributed by atoms with E-state index in [-0.39, 0.29) is 0 Å². The summed E-state index contributed by atoms with van der Waals surface area (Å²) in [7, 11) is 0. The van der Waals surface area contributed by atoms with E-state index in [1.165, 1.54) is 22.6 Å². The summed E-state index contributed by atoms with van der Waals surface area (Å²) in [4.78, 5) is 0. The zero-order valence-electron chi connectivity index (χ0n) is 8.12. The topological polar surface area (TPSA) is 17.0 Å². The van der Waals surface area contributed by atoms with Crippen LogP contribution in [0.5, 0.6) is 0 Å². The van der Waals surface area contributed by atoms with Gasteiger partial charge >= 0.3 is 0 Å². The molecule has 0 amide bonds. The Morgan fingerprint density at radius 1 is 1.29 bits per heavy atom. The van der Waals surface area contributed by atoms with Gasteiger partial charge in [-0.25, -0.2) is 0 Å². The van der Waals surface area contributed by atoms with Crippen molar-refractivity contribution in [1.82, 2.24) is 4.57 Å². The van der Waals surface area contributed by atoms with Gasteiger partial charge in [0.2, 0.25) is 0 Å². The molecule has 14 heavy (non-hydrogen) atoms. The van der Waals surface area contributed by atoms with Crippen molar-refractivity contribution in [3.8, 4) is 0 Å². The Hall–Kier alpha value is -1.70. The molecule has 1 aliphatic heterocycles. The number of anilines is 2. The third kappa shape index (κ3) is 1.04. The molecule has 1 aliphatic rings. The minimum absolute atomic E-state index is 0.979. The average Bonchev–Trinajstić information content (AvgIpc) is 2.53. The SMILES string of the molecule is Cc1cc2n(c1)Cc1ccccc1N2. The number of hydrogen-bond donors (Lipinski definition) is 1. The zero-order chi connectivity index (χ0) is 9.54. The normalized spacial score (nSPS) is 12.9. The molecule has 2 aromatic rings. The molecule has 1 aromatic heterocycles. The van der Waals surface area contributed by atoms with Crippen LogP contribution in [0.1, 0.15) is 11.1 Å². The first-order valence-corrected chi connectivity index (χ1v) is 4.84. The van der Waals surface area contributed by atoms with Crippen molar-refractivity contribution in [2.75, 3.05) is 5.32 Å². The molecule has 0 aliphatic carbocycles. The van der Waals surface area contributed by atoms with E-state index in [9.17, 15) is 0 Å². The fourth-order valence-electron chi connectivity index (χ4n) is 1.99. The molecule has 0 saturated heterocycles. The van der Waals surface area contributed by atoms with Crippen molar-refractivity contribution in [3.63, 3.8) is 0 Å². The van der Waals surface area contributed by atoms with Gasteiger partial charge in [0.15, 0.2) is 0 Å². The van der Waals surface area contributed by atoms with E-state index in [2.05, 4.69) is 53.3 Å². The first kappa shape index (κ1) is 7.68. The molecule has 0 atom stereocenters. The smallest absolute Gasteiger partial charge is 0.110 e. The molecule has 0 spiro atoms. The number of fused-ring (bicyclic) bond motifs is 2. The average molecular weight is 184 g/mol. The standard InChI is InChI=1S/C12H12N2/c1-9-6-12-13-11-5-3-2-4-10(11)8-14(12)7-9/h2-7,13H,8H2,1H3. The highest BCUT2D eigenvalue weighted by atomic mass is 15.1. The monoisotopic (exact) mass is 184 g/mol. The number of aryl methyl sites for hydroxylation is 1. The number of benzene rings is 1. The lowest BCUT2D eigenvalue weighted by atomic mass is 10.1. The summed E-state index contributed by atoms with van der Waals surface area (Å²) in [5.74, 6) is 1.20. The number of nitrogens with one attached hydrogen (secondary N) is 1. The molecule has 2 heterocycles. The largest absolute Gasteiger partial charge is 0.341 e. The molecule has 0 unspecified atom stereocenters. The van der Waals surface area contributed by atoms with Crippen LogP contribution in [0.15, 0.2) is 36.5 Å². The van der Waals surface area contributed by atoms with Crippen LogP contribution in [0.3, 0.4) is 0 Å². The number of nitrogens with zero attached hydrogens (tertiary/aromatic N) is 1. The Morgan fingerprint density at radius 3 is 3.07 bits per heavy atom. The molecule has 0 fully saturated rings. The van der Waals surface area contributed by atoms with E-state index >= 15 is 0 Å². The van der Waals surface area contributed by atoms with Crippen LogP contribution in [-0.2, 0) is 6.54 Å². The molecule has 2 heteroatoms. The van der Waals surface area contributed by atoms with Crippen LogP contribution in [0, 0.1) is 6.92 Å². The van der Waals surface area contributed by atoms with Crippen molar-refractivity contribution >= 4 is 11.5 Å². The molecule has 70 valence electrons. The molecule has 0 radical (unpaired) electrons. The van der Waals surface area contributed by atoms with Crippen LogP contribution >= 0.6 is 0 Å². The molecular formula is C12H12N2. The maximum Gasteiger partial charge on any atom is 0.110 e. The van der Waals surface area contributed by atoms with Gasteiger partial charge in [-0.2, -0.15) is 0 Å². The summed E-state index contributed by atoms with van der Waals surface area (Å²) in [6, 6.07) is 10.6. The fourth-order valence-corrected chi connectivity index (χ4v) is 1.99. The van der Waals surface area contributed by atoms with Gasteiger partial charge in [-0.15, -0.1) is 0 Å². The van der Waals surface area contributed by atoms with E-state index < -0.39 is 0 Å². The summed E-state index contributed by atoms with van der Waals surface area (Å²) in [6.45, 7) is 3.10. The van der Waals surface area contributed by atoms with E-state index in [1.807, 2.05) is 0 Å². The Labute approximate surface area is 83.2 Å². The van der Waals surface area contributed by atoms with Gasteiger partial charge in [0.05, 0.1) is 6.54 Å². The third-order valence-corrected chi connectivity index (χ3v) is 2.65. The maximum absolute atomic E-state index is 3.42. The molecular weight excluding hydrogens is 172 g/mol. The van der Waals surface area contributed by atoms with E-state index in [0.29, 0.717) is 0 Å². The molecule has 0 bridgehead atoms. The highest BCUT2D eigenvalue weighted by Crippen LogP contribution is 2.29. The summed E-state index contributed by atoms with van der Waals surface area (Å²) in [6.07, 6.45) is 2.18. The van der Waals surface area contributed by atoms with Crippen molar-refractivity contribution in [2.24, 2.45) is 0 Å². The first-order valence-electron chi connectivity index (χ1n) is 4.84. The second-order valence-electron chi connectivity index (χ2n) is 3.81. The maximum atomic E-state index is 3.42. The summed E-state index contributed by atoms with van der Waals surface area (Å²) in [5, 5.41) is 3.42. The highest BCUT2D eigenvalue weighted by Gasteiger charge is 2.13. The highest BCUT2D eigenvalue weighted by molar-refractivity contribution is 5.64. The van der Waals surface area contributed by atoms with Crippen molar-refractivity contribution < 1.29 is 0 Å². The lowest BCUT2D eigenvalue weighted by molar-refractivity contribution is 0.798. The van der Waals surface area contributed by atoms with Gasteiger partial charge in [-0.05, 0) is 30.2 Å². The second-order valence-corrected chi connectivity index (χ2v) is 3.81. The van der Waals surface area contributed by atoms with Gasteiger partial charge in [0.1, 0.15) is 5.82 Å². The van der Waals surface area contributed by atoms with E-state index in [0.717, 1.165) is 6.54 Å². The van der Waals surface area contributed by atoms with Crippen LogP contribution in [0.4, 0.5) is 11.5 Å². The summed E-state index contributed by atoms with van der Waals surface area (Å²) >= 11 is 0. The molecule has 1 aromatic carbocycles. The molecule has 0 saturated carbocycles. The van der Waals surface area contributed by atoms with Crippen molar-refractivity contribution in [2.45, 2.75) is 13.5 Å². The summed E-state index contributed by atoms with van der Waals surface area (Å²) < 4.78 is 2.25. The van der Waals surface area contributed by atoms with Gasteiger partial charge in [-0.3, -0.25) is 0 Å². The van der Waals surface area contributed by atoms with Gasteiger partial charge in [0, 0.05) is 11.9 Å². The predicted molar refractivity (Wildman–Crippen MR) is 58.0 cm³/mol. The summed E-state index contributed by atoms with van der Waals surface area (Å²) in [5.41, 5.74) is 3.90. The van der Waals surface area contributed by atoms with Gasteiger partial charge < -0.3 is 9.88 Å². The van der Waals surface area contributed by atoms with Gasteiger partial charge in [-0.1, -0.05) is 18.2 Å². The Morgan fingerprint density at radius 2 is 2.14 bits per heavy atom. The lowest BCUT2D eigenvalue weighted by Crippen LogP contribution is -2.11. The second kappa shape index (κ2) is 2.64. The lowest BCUT2D eigenvalue weighted by Gasteiger charge is -2.20. The van der Waals surface area contributed by atoms with E-state index in [1.54, 1.807) is 0 Å². The minimum Gasteiger partial charge on any atom is -0.341 e. The van der Waals surface area contributed by atoms with E-state index in [4.69, 9.17) is 0 Å².